The van der Waals surface area contributed by atoms with Gasteiger partial charge in [0, 0.05) is 23.0 Å². The van der Waals surface area contributed by atoms with E-state index in [4.69, 9.17) is 32.7 Å². The lowest BCUT2D eigenvalue weighted by molar-refractivity contribution is -0.232. The minimum Gasteiger partial charge on any atom is -0.449 e. The third-order valence-corrected chi connectivity index (χ3v) is 9.71. The van der Waals surface area contributed by atoms with Crippen molar-refractivity contribution in [3.63, 3.8) is 0 Å². The Kier molecular flexibility index (Phi) is 6.82. The van der Waals surface area contributed by atoms with Crippen molar-refractivity contribution in [3.8, 4) is 0 Å². The molecule has 0 heterocycles. The molecule has 11 heteroatoms. The predicted molar refractivity (Wildman–Crippen MR) is 128 cm³/mol. The molecule has 0 aromatic heterocycles. The molecule has 0 aliphatic heterocycles. The van der Waals surface area contributed by atoms with Crippen molar-refractivity contribution < 1.29 is 37.6 Å². The molecule has 7 nitrogen and oxygen atoms in total. The zero-order valence-corrected chi connectivity index (χ0v) is 22.1. The molecular weight excluding hydrogens is 522 g/mol. The average Bonchev–Trinajstić information content (AvgIpc) is 3.06. The van der Waals surface area contributed by atoms with Gasteiger partial charge in [-0.15, -0.1) is 0 Å². The third kappa shape index (κ3) is 3.75. The fourth-order valence-electron chi connectivity index (χ4n) is 7.21. The second-order valence-corrected chi connectivity index (χ2v) is 13.0. The molecule has 194 valence electrons. The minimum absolute atomic E-state index is 0.0165. The van der Waals surface area contributed by atoms with E-state index < -0.39 is 73.6 Å². The normalized spacial score (nSPS) is 43.0. The number of esters is 2. The van der Waals surface area contributed by atoms with E-state index in [2.05, 4.69) is 0 Å². The fraction of sp³-hybridized carbons (Fsp3) is 0.708. The van der Waals surface area contributed by atoms with Crippen LogP contribution >= 0.6 is 23.2 Å². The van der Waals surface area contributed by atoms with Crippen molar-refractivity contribution in [2.24, 2.45) is 22.7 Å². The Labute approximate surface area is 215 Å². The molecular formula is C24H29Cl2FO7S. The second-order valence-electron chi connectivity index (χ2n) is 10.5. The van der Waals surface area contributed by atoms with Crippen LogP contribution in [0.3, 0.4) is 0 Å². The zero-order valence-electron chi connectivity index (χ0n) is 19.7. The number of hydrogen-bond donors (Lipinski definition) is 1. The van der Waals surface area contributed by atoms with Crippen LogP contribution in [0.25, 0.3) is 0 Å². The molecule has 0 amide bonds. The summed E-state index contributed by atoms with van der Waals surface area (Å²) in [4.78, 5) is 36.3. The first-order valence-corrected chi connectivity index (χ1v) is 14.1. The maximum atomic E-state index is 17.2. The molecule has 35 heavy (non-hydrogen) atoms. The highest BCUT2D eigenvalue weighted by molar-refractivity contribution is 7.84. The Balaban J connectivity index is 1.78. The molecule has 1 N–H and O–H groups in total. The summed E-state index contributed by atoms with van der Waals surface area (Å²) in [5.41, 5.74) is -5.74. The minimum atomic E-state index is -2.10. The van der Waals surface area contributed by atoms with Gasteiger partial charge in [-0.3, -0.25) is 9.00 Å². The van der Waals surface area contributed by atoms with Crippen LogP contribution in [0.1, 0.15) is 46.0 Å². The summed E-state index contributed by atoms with van der Waals surface area (Å²) in [5.74, 6) is -3.73. The van der Waals surface area contributed by atoms with Gasteiger partial charge < -0.3 is 14.6 Å². The summed E-state index contributed by atoms with van der Waals surface area (Å²) >= 11 is 11.5. The van der Waals surface area contributed by atoms with Crippen molar-refractivity contribution >= 4 is 51.7 Å². The topological polar surface area (TPSA) is 107 Å². The molecule has 3 fully saturated rings. The Bertz CT molecular complexity index is 1050. The second kappa shape index (κ2) is 8.92. The third-order valence-electron chi connectivity index (χ3n) is 8.90. The number of carbonyl (C=O) groups is 3. The molecule has 4 rings (SSSR count). The lowest BCUT2D eigenvalue weighted by atomic mass is 9.45. The van der Waals surface area contributed by atoms with Gasteiger partial charge in [-0.1, -0.05) is 41.8 Å². The molecule has 4 aliphatic carbocycles. The van der Waals surface area contributed by atoms with Gasteiger partial charge in [0.2, 0.25) is 10.4 Å². The standard InChI is InChI=1S/C24H29Cl2FO7S/c1-21-8-6-14(28)10-13(21)4-5-16-15-7-9-23(34-19(30)18(25)26,20(31)33-12-35(3)32)22(15,2)11-17(29)24(16,21)27/h6,8,10,15-18,29H,4-5,7,9,11-12H2,1-3H3/t15-,16-,17-,21-,22-,23-,24-,35?/m0/s1. The van der Waals surface area contributed by atoms with Gasteiger partial charge in [0.15, 0.2) is 17.4 Å². The van der Waals surface area contributed by atoms with Gasteiger partial charge in [0.05, 0.1) is 16.9 Å². The van der Waals surface area contributed by atoms with Crippen LogP contribution in [-0.4, -0.2) is 61.4 Å². The lowest BCUT2D eigenvalue weighted by Gasteiger charge is -2.62. The smallest absolute Gasteiger partial charge is 0.352 e. The monoisotopic (exact) mass is 550 g/mol. The molecule has 4 aliphatic rings. The maximum absolute atomic E-state index is 17.2. The highest BCUT2D eigenvalue weighted by Crippen LogP contribution is 2.70. The molecule has 0 aromatic carbocycles. The van der Waals surface area contributed by atoms with Crippen LogP contribution in [0.2, 0.25) is 0 Å². The number of aliphatic hydroxyl groups is 1. The van der Waals surface area contributed by atoms with Crippen molar-refractivity contribution in [1.82, 2.24) is 0 Å². The lowest BCUT2D eigenvalue weighted by Crippen LogP contribution is -2.69. The van der Waals surface area contributed by atoms with E-state index in [0.717, 1.165) is 0 Å². The first-order valence-electron chi connectivity index (χ1n) is 11.5. The summed E-state index contributed by atoms with van der Waals surface area (Å²) in [6.07, 6.45) is 5.08. The predicted octanol–water partition coefficient (Wildman–Crippen LogP) is 3.32. The molecule has 0 bridgehead atoms. The number of allylic oxidation sites excluding steroid dienone is 4. The average molecular weight is 551 g/mol. The highest BCUT2D eigenvalue weighted by atomic mass is 35.5. The first kappa shape index (κ1) is 26.8. The Morgan fingerprint density at radius 2 is 1.97 bits per heavy atom. The summed E-state index contributed by atoms with van der Waals surface area (Å²) in [6.45, 7) is 3.38. The number of halogens is 3. The van der Waals surface area contributed by atoms with Gasteiger partial charge in [-0.2, -0.15) is 0 Å². The first-order chi connectivity index (χ1) is 16.2. The number of rotatable bonds is 5. The van der Waals surface area contributed by atoms with Crippen LogP contribution in [0.4, 0.5) is 4.39 Å². The van der Waals surface area contributed by atoms with Crippen molar-refractivity contribution in [2.45, 2.75) is 68.2 Å². The fourth-order valence-corrected chi connectivity index (χ4v) is 7.57. The van der Waals surface area contributed by atoms with E-state index in [-0.39, 0.29) is 18.6 Å². The number of fused-ring (bicyclic) bond motifs is 5. The van der Waals surface area contributed by atoms with Gasteiger partial charge in [0.25, 0.3) is 0 Å². The van der Waals surface area contributed by atoms with E-state index in [9.17, 15) is 23.7 Å². The Morgan fingerprint density at radius 1 is 1.29 bits per heavy atom. The number of ether oxygens (including phenoxy) is 2. The number of hydrogen-bond acceptors (Lipinski definition) is 7. The van der Waals surface area contributed by atoms with Gasteiger partial charge in [-0.25, -0.2) is 14.0 Å². The molecule has 0 radical (unpaired) electrons. The number of aliphatic hydroxyl groups excluding tert-OH is 1. The summed E-state index contributed by atoms with van der Waals surface area (Å²) in [6, 6.07) is 0. The molecule has 3 saturated carbocycles. The van der Waals surface area contributed by atoms with Crippen molar-refractivity contribution in [1.29, 1.82) is 0 Å². The van der Waals surface area contributed by atoms with Gasteiger partial charge >= 0.3 is 11.9 Å². The van der Waals surface area contributed by atoms with E-state index in [0.29, 0.717) is 24.8 Å². The van der Waals surface area contributed by atoms with E-state index >= 15 is 4.39 Å². The summed E-state index contributed by atoms with van der Waals surface area (Å²) in [7, 11) is -1.47. The van der Waals surface area contributed by atoms with Gasteiger partial charge in [0.1, 0.15) is 0 Å². The number of ketones is 1. The zero-order chi connectivity index (χ0) is 26.0. The van der Waals surface area contributed by atoms with E-state index in [1.807, 2.05) is 0 Å². The van der Waals surface area contributed by atoms with Crippen LogP contribution in [-0.2, 0) is 34.7 Å². The van der Waals surface area contributed by atoms with Crippen LogP contribution in [0.5, 0.6) is 0 Å². The van der Waals surface area contributed by atoms with Crippen molar-refractivity contribution in [3.05, 3.63) is 23.8 Å². The largest absolute Gasteiger partial charge is 0.449 e. The Morgan fingerprint density at radius 3 is 2.60 bits per heavy atom. The van der Waals surface area contributed by atoms with Gasteiger partial charge in [-0.05, 0) is 57.1 Å². The molecule has 0 spiro atoms. The summed E-state index contributed by atoms with van der Waals surface area (Å²) in [5, 5.41) is 11.4. The highest BCUT2D eigenvalue weighted by Gasteiger charge is 2.76. The molecule has 1 unspecified atom stereocenters. The quantitative estimate of drug-likeness (QED) is 0.413. The molecule has 0 aromatic rings. The van der Waals surface area contributed by atoms with Crippen LogP contribution < -0.4 is 0 Å². The van der Waals surface area contributed by atoms with Crippen LogP contribution in [0.15, 0.2) is 23.8 Å². The van der Waals surface area contributed by atoms with E-state index in [1.54, 1.807) is 19.9 Å². The SMILES string of the molecule is CS(=O)COC(=O)[C@@]1(OC(=O)C(Cl)Cl)CC[C@H]2[C@@H]3CCC4=CC(=O)C=C[C@]4(C)[C@@]3(F)[C@@H](O)C[C@@]21C. The summed E-state index contributed by atoms with van der Waals surface area (Å²) < 4.78 is 39.7. The maximum Gasteiger partial charge on any atom is 0.352 e. The van der Waals surface area contributed by atoms with E-state index in [1.165, 1.54) is 18.4 Å². The number of alkyl halides is 3. The van der Waals surface area contributed by atoms with Crippen LogP contribution in [0, 0.1) is 22.7 Å². The molecule has 0 saturated heterocycles. The molecule has 8 atom stereocenters. The number of carbonyl (C=O) groups excluding carboxylic acids is 3. The van der Waals surface area contributed by atoms with Crippen molar-refractivity contribution in [2.75, 3.05) is 12.2 Å². The Hall–Kier alpha value is -1.29.